The molecule has 158 valence electrons. The van der Waals surface area contributed by atoms with Gasteiger partial charge in [-0.15, -0.1) is 16.5 Å². The van der Waals surface area contributed by atoms with Gasteiger partial charge < -0.3 is 10.5 Å². The summed E-state index contributed by atoms with van der Waals surface area (Å²) in [5.41, 5.74) is 11.4. The Balaban J connectivity index is 1.68. The molecule has 2 unspecified atom stereocenters. The minimum absolute atomic E-state index is 0.0630. The smallest absolute Gasteiger partial charge is 0.276 e. The number of carbonyl (C=O) groups is 2. The van der Waals surface area contributed by atoms with E-state index >= 15 is 0 Å². The van der Waals surface area contributed by atoms with Gasteiger partial charge in [-0.2, -0.15) is 0 Å². The molecule has 0 saturated carbocycles. The van der Waals surface area contributed by atoms with E-state index in [9.17, 15) is 14.5 Å². The van der Waals surface area contributed by atoms with Crippen molar-refractivity contribution in [3.8, 4) is 5.75 Å². The number of nitrogens with one attached hydrogen (secondary N) is 1. The van der Waals surface area contributed by atoms with Gasteiger partial charge >= 0.3 is 0 Å². The molecule has 8 nitrogen and oxygen atoms in total. The topological polar surface area (TPSA) is 114 Å². The fourth-order valence-electron chi connectivity index (χ4n) is 3.26. The van der Waals surface area contributed by atoms with Crippen molar-refractivity contribution >= 4 is 34.8 Å². The van der Waals surface area contributed by atoms with Gasteiger partial charge in [-0.1, -0.05) is 26.0 Å². The second-order valence-corrected chi connectivity index (χ2v) is 7.94. The Labute approximate surface area is 179 Å². The van der Waals surface area contributed by atoms with Crippen LogP contribution in [0, 0.1) is 11.8 Å². The monoisotopic (exact) mass is 430 g/mol. The van der Waals surface area contributed by atoms with Gasteiger partial charge in [0.15, 0.2) is 6.61 Å². The summed E-state index contributed by atoms with van der Waals surface area (Å²) in [6.45, 7) is 5.33. The largest absolute Gasteiger partial charge is 0.483 e. The van der Waals surface area contributed by atoms with Crippen LogP contribution in [0.2, 0.25) is 0 Å². The number of hydrogen-bond acceptors (Lipinski definition) is 6. The molecule has 0 radical (unpaired) electrons. The highest BCUT2D eigenvalue weighted by Gasteiger charge is 2.48. The summed E-state index contributed by atoms with van der Waals surface area (Å²) in [5.74, 6) is -0.345. The molecule has 2 aromatic carbocycles. The van der Waals surface area contributed by atoms with Crippen molar-refractivity contribution < 1.29 is 14.3 Å². The molecule has 2 atom stereocenters. The molecule has 3 N–H and O–H groups in total. The fraction of sp³-hybridized carbons (Fsp3) is 0.333. The number of nitrogens with zero attached hydrogens (tertiary/aromatic N) is 2. The number of nitrogen functional groups attached to an aromatic ring is 1. The molecule has 0 aliphatic carbocycles. The van der Waals surface area contributed by atoms with E-state index in [0.29, 0.717) is 22.7 Å². The summed E-state index contributed by atoms with van der Waals surface area (Å²) in [7, 11) is 0. The highest BCUT2D eigenvalue weighted by Crippen LogP contribution is 2.37. The first-order chi connectivity index (χ1) is 14.2. The van der Waals surface area contributed by atoms with Crippen molar-refractivity contribution in [1.82, 2.24) is 10.4 Å². The number of alkyl halides is 1. The third-order valence-corrected chi connectivity index (χ3v) is 5.38. The lowest BCUT2D eigenvalue weighted by Crippen LogP contribution is -2.63. The Morgan fingerprint density at radius 1 is 1.30 bits per heavy atom. The van der Waals surface area contributed by atoms with Crippen LogP contribution in [0.1, 0.15) is 42.5 Å². The van der Waals surface area contributed by atoms with Crippen molar-refractivity contribution in [3.05, 3.63) is 58.0 Å². The normalized spacial score (nSPS) is 18.2. The Bertz CT molecular complexity index is 978. The zero-order valence-electron chi connectivity index (χ0n) is 16.9. The minimum atomic E-state index is -0.770. The van der Waals surface area contributed by atoms with Crippen molar-refractivity contribution in [2.24, 2.45) is 5.18 Å². The Kier molecular flexibility index (Phi) is 6.26. The van der Waals surface area contributed by atoms with Crippen LogP contribution in [-0.2, 0) is 9.59 Å². The van der Waals surface area contributed by atoms with Crippen LogP contribution in [0.5, 0.6) is 5.75 Å². The van der Waals surface area contributed by atoms with E-state index in [1.807, 2.05) is 13.8 Å². The predicted octanol–water partition coefficient (Wildman–Crippen LogP) is 3.70. The molecular formula is C21H23ClN4O4. The number of aryl methyl sites for hydroxylation is 1. The van der Waals surface area contributed by atoms with Crippen LogP contribution < -0.4 is 15.9 Å². The lowest BCUT2D eigenvalue weighted by molar-refractivity contribution is -0.157. The number of carbonyl (C=O) groups excluding carboxylic acids is 2. The first-order valence-corrected chi connectivity index (χ1v) is 9.89. The second-order valence-electron chi connectivity index (χ2n) is 7.47. The number of anilines is 1. The van der Waals surface area contributed by atoms with Gasteiger partial charge in [0, 0.05) is 5.69 Å². The summed E-state index contributed by atoms with van der Waals surface area (Å²) < 4.78 is 5.69. The molecule has 2 amide bonds. The zero-order valence-corrected chi connectivity index (χ0v) is 17.6. The van der Waals surface area contributed by atoms with Crippen LogP contribution in [0.15, 0.2) is 41.6 Å². The molecule has 2 aromatic rings. The van der Waals surface area contributed by atoms with Crippen molar-refractivity contribution in [1.29, 1.82) is 0 Å². The van der Waals surface area contributed by atoms with Crippen LogP contribution in [0.4, 0.5) is 11.4 Å². The molecule has 30 heavy (non-hydrogen) atoms. The maximum atomic E-state index is 12.4. The van der Waals surface area contributed by atoms with Gasteiger partial charge in [0.1, 0.15) is 22.9 Å². The Morgan fingerprint density at radius 3 is 2.57 bits per heavy atom. The van der Waals surface area contributed by atoms with Crippen LogP contribution in [0.3, 0.4) is 0 Å². The molecule has 1 aliphatic rings. The quantitative estimate of drug-likeness (QED) is 0.301. The number of ether oxygens (including phenoxy) is 1. The molecule has 1 saturated heterocycles. The predicted molar refractivity (Wildman–Crippen MR) is 114 cm³/mol. The molecule has 9 heteroatoms. The lowest BCUT2D eigenvalue weighted by Gasteiger charge is -2.43. The summed E-state index contributed by atoms with van der Waals surface area (Å²) in [4.78, 5) is 35.5. The lowest BCUT2D eigenvalue weighted by atomic mass is 9.95. The Morgan fingerprint density at radius 2 is 1.97 bits per heavy atom. The number of rotatable bonds is 7. The van der Waals surface area contributed by atoms with Gasteiger partial charge in [-0.3, -0.25) is 15.0 Å². The summed E-state index contributed by atoms with van der Waals surface area (Å²) in [5, 5.41) is 3.44. The van der Waals surface area contributed by atoms with Crippen molar-refractivity contribution in [3.63, 3.8) is 0 Å². The van der Waals surface area contributed by atoms with Gasteiger partial charge in [0.2, 0.25) is 0 Å². The van der Waals surface area contributed by atoms with Gasteiger partial charge in [0.05, 0.1) is 0 Å². The molecule has 3 rings (SSSR count). The maximum Gasteiger partial charge on any atom is 0.276 e. The van der Waals surface area contributed by atoms with Crippen LogP contribution >= 0.6 is 11.6 Å². The van der Waals surface area contributed by atoms with E-state index < -0.39 is 23.2 Å². The van der Waals surface area contributed by atoms with Crippen molar-refractivity contribution in [2.75, 3.05) is 12.3 Å². The van der Waals surface area contributed by atoms with E-state index in [4.69, 9.17) is 22.1 Å². The Hall–Kier alpha value is -3.13. The maximum absolute atomic E-state index is 12.4. The first kappa shape index (κ1) is 21.6. The second kappa shape index (κ2) is 8.71. The van der Waals surface area contributed by atoms with Gasteiger partial charge in [-0.25, -0.2) is 5.01 Å². The molecular weight excluding hydrogens is 408 g/mol. The van der Waals surface area contributed by atoms with Crippen molar-refractivity contribution in [2.45, 2.75) is 38.1 Å². The number of β-lactam (4-membered cyclic amide) rings is 1. The van der Waals surface area contributed by atoms with E-state index in [-0.39, 0.29) is 12.5 Å². The van der Waals surface area contributed by atoms with E-state index in [1.165, 1.54) is 5.01 Å². The zero-order chi connectivity index (χ0) is 22.0. The van der Waals surface area contributed by atoms with Crippen LogP contribution in [-0.4, -0.2) is 28.8 Å². The number of halogens is 1. The average Bonchev–Trinajstić information content (AvgIpc) is 2.72. The molecule has 0 aromatic heterocycles. The van der Waals surface area contributed by atoms with Gasteiger partial charge in [-0.05, 0) is 59.0 Å². The third-order valence-electron chi connectivity index (χ3n) is 4.96. The molecule has 1 aliphatic heterocycles. The highest BCUT2D eigenvalue weighted by atomic mass is 35.5. The first-order valence-electron chi connectivity index (χ1n) is 9.45. The summed E-state index contributed by atoms with van der Waals surface area (Å²) >= 11 is 6.15. The standard InChI is InChI=1S/C21H23ClN4O4/c1-11(2)15-9-16(25-29)12(3)8-17(15)30-10-18(27)24-26-20(19(22)21(26)28)13-4-6-14(23)7-5-13/h4-9,11,19-20H,10,23H2,1-3H3,(H,24,27). The number of hydrazine groups is 1. The number of benzene rings is 2. The SMILES string of the molecule is Cc1cc(OCC(=O)NN2C(=O)C(Cl)C2c2ccc(N)cc2)c(C(C)C)cc1N=O. The molecule has 0 bridgehead atoms. The molecule has 1 fully saturated rings. The summed E-state index contributed by atoms with van der Waals surface area (Å²) in [6, 6.07) is 9.79. The number of amides is 2. The number of nitroso groups, excluding NO2 is 1. The minimum Gasteiger partial charge on any atom is -0.483 e. The summed E-state index contributed by atoms with van der Waals surface area (Å²) in [6.07, 6.45) is 0. The molecule has 0 spiro atoms. The van der Waals surface area contributed by atoms with E-state index in [1.54, 1.807) is 43.3 Å². The third kappa shape index (κ3) is 4.23. The average molecular weight is 431 g/mol. The fourth-order valence-corrected chi connectivity index (χ4v) is 3.62. The van der Waals surface area contributed by atoms with E-state index in [0.717, 1.165) is 11.1 Å². The van der Waals surface area contributed by atoms with Crippen LogP contribution in [0.25, 0.3) is 0 Å². The van der Waals surface area contributed by atoms with Gasteiger partial charge in [0.25, 0.3) is 11.8 Å². The number of nitrogens with two attached hydrogens (primary N) is 1. The molecule has 1 heterocycles. The number of hydrogen-bond donors (Lipinski definition) is 2. The highest BCUT2D eigenvalue weighted by molar-refractivity contribution is 6.33. The van der Waals surface area contributed by atoms with E-state index in [2.05, 4.69) is 10.6 Å².